The number of nitrogens with zero attached hydrogens (tertiary/aromatic N) is 1. The number of nitrogens with one attached hydrogen (secondary N) is 2. The summed E-state index contributed by atoms with van der Waals surface area (Å²) in [4.78, 5) is 22.6. The molecule has 0 aliphatic heterocycles. The molecule has 0 unspecified atom stereocenters. The number of nitrogens with two attached hydrogens (primary N) is 1. The smallest absolute Gasteiger partial charge is 0.306 e. The Morgan fingerprint density at radius 1 is 1.10 bits per heavy atom. The topological polar surface area (TPSA) is 110 Å². The highest BCUT2D eigenvalue weighted by atomic mass is 16.6. The molecule has 0 bridgehead atoms. The van der Waals surface area contributed by atoms with Crippen molar-refractivity contribution in [2.75, 3.05) is 10.7 Å². The highest BCUT2D eigenvalue weighted by Gasteiger charge is 2.24. The van der Waals surface area contributed by atoms with E-state index in [1.807, 2.05) is 0 Å². The Labute approximate surface area is 114 Å². The lowest BCUT2D eigenvalue weighted by atomic mass is 10.1. The highest BCUT2D eigenvalue weighted by molar-refractivity contribution is 6.08. The minimum atomic E-state index is -0.644. The average molecular weight is 272 g/mol. The van der Waals surface area contributed by atoms with Crippen molar-refractivity contribution in [1.29, 1.82) is 0 Å². The van der Waals surface area contributed by atoms with E-state index in [-0.39, 0.29) is 16.9 Å². The Balaban J connectivity index is 2.37. The zero-order chi connectivity index (χ0) is 14.5. The number of hydrogen-bond acceptors (Lipinski definition) is 5. The van der Waals surface area contributed by atoms with Gasteiger partial charge in [-0.2, -0.15) is 0 Å². The summed E-state index contributed by atoms with van der Waals surface area (Å²) in [5, 5.41) is 13.7. The Hall–Kier alpha value is -2.93. The second-order valence-electron chi connectivity index (χ2n) is 3.92. The first-order valence-electron chi connectivity index (χ1n) is 5.74. The van der Waals surface area contributed by atoms with Crippen LogP contribution in [0, 0.1) is 10.1 Å². The van der Waals surface area contributed by atoms with Gasteiger partial charge < -0.3 is 10.7 Å². The largest absolute Gasteiger partial charge is 0.322 e. The lowest BCUT2D eigenvalue weighted by molar-refractivity contribution is -0.384. The van der Waals surface area contributed by atoms with Gasteiger partial charge in [0, 0.05) is 5.69 Å². The van der Waals surface area contributed by atoms with Crippen LogP contribution >= 0.6 is 0 Å². The Morgan fingerprint density at radius 3 is 2.40 bits per heavy atom. The van der Waals surface area contributed by atoms with Gasteiger partial charge in [-0.05, 0) is 24.3 Å². The summed E-state index contributed by atoms with van der Waals surface area (Å²) in [6, 6.07) is 13.0. The maximum Gasteiger partial charge on any atom is 0.306 e. The number of amides is 1. The molecule has 2 aromatic carbocycles. The van der Waals surface area contributed by atoms with E-state index in [9.17, 15) is 14.9 Å². The summed E-state index contributed by atoms with van der Waals surface area (Å²) >= 11 is 0. The number of carbonyl (C=O) groups is 1. The molecule has 0 saturated heterocycles. The maximum absolute atomic E-state index is 12.1. The van der Waals surface area contributed by atoms with Gasteiger partial charge in [0.25, 0.3) is 5.91 Å². The molecule has 2 aromatic rings. The molecule has 7 heteroatoms. The number of anilines is 2. The van der Waals surface area contributed by atoms with Crippen molar-refractivity contribution < 1.29 is 9.72 Å². The van der Waals surface area contributed by atoms with Crippen molar-refractivity contribution in [1.82, 2.24) is 0 Å². The third kappa shape index (κ3) is 2.73. The van der Waals surface area contributed by atoms with E-state index < -0.39 is 10.8 Å². The molecule has 0 heterocycles. The van der Waals surface area contributed by atoms with Crippen LogP contribution in [0.25, 0.3) is 0 Å². The van der Waals surface area contributed by atoms with Crippen molar-refractivity contribution in [2.45, 2.75) is 0 Å². The first-order valence-corrected chi connectivity index (χ1v) is 5.74. The molecule has 7 nitrogen and oxygen atoms in total. The van der Waals surface area contributed by atoms with Crippen molar-refractivity contribution in [3.05, 3.63) is 64.2 Å². The van der Waals surface area contributed by atoms with Crippen LogP contribution in [0.4, 0.5) is 17.1 Å². The van der Waals surface area contributed by atoms with Crippen molar-refractivity contribution in [3.63, 3.8) is 0 Å². The number of rotatable bonds is 4. The van der Waals surface area contributed by atoms with Gasteiger partial charge in [-0.15, -0.1) is 0 Å². The predicted octanol–water partition coefficient (Wildman–Crippen LogP) is 2.13. The van der Waals surface area contributed by atoms with Crippen LogP contribution in [0.3, 0.4) is 0 Å². The van der Waals surface area contributed by atoms with Gasteiger partial charge >= 0.3 is 5.69 Å². The second kappa shape index (κ2) is 5.81. The first-order chi connectivity index (χ1) is 9.63. The van der Waals surface area contributed by atoms with Gasteiger partial charge in [-0.1, -0.05) is 24.3 Å². The Bertz CT molecular complexity index is 643. The predicted molar refractivity (Wildman–Crippen MR) is 75.3 cm³/mol. The standard InChI is InChI=1S/C13H12N4O3/c14-16-11-8-4-7-10(12(11)17(19)20)13(18)15-9-5-2-1-3-6-9/h1-8,16H,14H2,(H,15,18). The Kier molecular flexibility index (Phi) is 3.92. The van der Waals surface area contributed by atoms with Gasteiger partial charge in [0.15, 0.2) is 0 Å². The van der Waals surface area contributed by atoms with Gasteiger partial charge in [0.2, 0.25) is 0 Å². The van der Waals surface area contributed by atoms with Crippen LogP contribution in [0.5, 0.6) is 0 Å². The quantitative estimate of drug-likeness (QED) is 0.448. The molecule has 0 aliphatic rings. The monoisotopic (exact) mass is 272 g/mol. The summed E-state index contributed by atoms with van der Waals surface area (Å²) in [6.45, 7) is 0. The normalized spacial score (nSPS) is 9.85. The van der Waals surface area contributed by atoms with Gasteiger partial charge in [-0.3, -0.25) is 20.8 Å². The van der Waals surface area contributed by atoms with Crippen molar-refractivity contribution in [2.24, 2.45) is 5.84 Å². The minimum Gasteiger partial charge on any atom is -0.322 e. The molecule has 0 atom stereocenters. The minimum absolute atomic E-state index is 0.0608. The summed E-state index contributed by atoms with van der Waals surface area (Å²) in [5.74, 6) is 4.65. The van der Waals surface area contributed by atoms with Crippen LogP contribution in [0.1, 0.15) is 10.4 Å². The summed E-state index contributed by atoms with van der Waals surface area (Å²) < 4.78 is 0. The third-order valence-electron chi connectivity index (χ3n) is 2.65. The number of nitro groups is 1. The van der Waals surface area contributed by atoms with E-state index >= 15 is 0 Å². The summed E-state index contributed by atoms with van der Waals surface area (Å²) in [7, 11) is 0. The molecule has 0 radical (unpaired) electrons. The number of para-hydroxylation sites is 2. The highest BCUT2D eigenvalue weighted by Crippen LogP contribution is 2.28. The van der Waals surface area contributed by atoms with Gasteiger partial charge in [0.05, 0.1) is 4.92 Å². The molecular weight excluding hydrogens is 260 g/mol. The van der Waals surface area contributed by atoms with E-state index in [0.29, 0.717) is 5.69 Å². The molecule has 0 aromatic heterocycles. The van der Waals surface area contributed by atoms with E-state index in [0.717, 1.165) is 0 Å². The molecule has 0 saturated carbocycles. The van der Waals surface area contributed by atoms with E-state index in [4.69, 9.17) is 5.84 Å². The zero-order valence-corrected chi connectivity index (χ0v) is 10.4. The lowest BCUT2D eigenvalue weighted by Crippen LogP contribution is -2.16. The third-order valence-corrected chi connectivity index (χ3v) is 2.65. The van der Waals surface area contributed by atoms with Crippen LogP contribution in [0.2, 0.25) is 0 Å². The number of hydrazine groups is 1. The Morgan fingerprint density at radius 2 is 1.80 bits per heavy atom. The summed E-state index contributed by atoms with van der Waals surface area (Å²) in [6.07, 6.45) is 0. The van der Waals surface area contributed by atoms with Gasteiger partial charge in [0.1, 0.15) is 11.3 Å². The summed E-state index contributed by atoms with van der Waals surface area (Å²) in [5.41, 5.74) is 2.43. The molecule has 0 spiro atoms. The number of hydrogen-bond donors (Lipinski definition) is 3. The molecular formula is C13H12N4O3. The number of benzene rings is 2. The molecule has 1 amide bonds. The first kappa shape index (κ1) is 13.5. The van der Waals surface area contributed by atoms with Crippen LogP contribution in [-0.4, -0.2) is 10.8 Å². The second-order valence-corrected chi connectivity index (χ2v) is 3.92. The fourth-order valence-corrected chi connectivity index (χ4v) is 1.76. The van der Waals surface area contributed by atoms with E-state index in [2.05, 4.69) is 10.7 Å². The van der Waals surface area contributed by atoms with Crippen molar-refractivity contribution in [3.8, 4) is 0 Å². The van der Waals surface area contributed by atoms with E-state index in [1.165, 1.54) is 18.2 Å². The SMILES string of the molecule is NNc1cccc(C(=O)Nc2ccccc2)c1[N+](=O)[O-]. The van der Waals surface area contributed by atoms with Crippen LogP contribution in [0.15, 0.2) is 48.5 Å². The molecule has 4 N–H and O–H groups in total. The van der Waals surface area contributed by atoms with Gasteiger partial charge in [-0.25, -0.2) is 0 Å². The molecule has 2 rings (SSSR count). The fraction of sp³-hybridized carbons (Fsp3) is 0. The fourth-order valence-electron chi connectivity index (χ4n) is 1.76. The van der Waals surface area contributed by atoms with E-state index in [1.54, 1.807) is 30.3 Å². The number of nitrogen functional groups attached to an aromatic ring is 1. The molecule has 102 valence electrons. The molecule has 0 aliphatic carbocycles. The molecule has 0 fully saturated rings. The number of carbonyl (C=O) groups excluding carboxylic acids is 1. The average Bonchev–Trinajstić information content (AvgIpc) is 2.47. The van der Waals surface area contributed by atoms with Crippen LogP contribution in [-0.2, 0) is 0 Å². The molecule has 20 heavy (non-hydrogen) atoms. The van der Waals surface area contributed by atoms with Crippen molar-refractivity contribution >= 4 is 23.0 Å². The number of nitro benzene ring substituents is 1. The zero-order valence-electron chi connectivity index (χ0n) is 10.4. The lowest BCUT2D eigenvalue weighted by Gasteiger charge is -2.08. The van der Waals surface area contributed by atoms with Crippen LogP contribution < -0.4 is 16.6 Å². The maximum atomic E-state index is 12.1.